The number of carbonyl (C=O) groups is 4. The van der Waals surface area contributed by atoms with Gasteiger partial charge in [-0.15, -0.1) is 0 Å². The summed E-state index contributed by atoms with van der Waals surface area (Å²) in [7, 11) is 0. The Kier molecular flexibility index (Phi) is 13.7. The first-order chi connectivity index (χ1) is 17.9. The van der Waals surface area contributed by atoms with E-state index in [0.717, 1.165) is 35.2 Å². The van der Waals surface area contributed by atoms with Crippen LogP contribution in [-0.4, -0.2) is 23.5 Å². The molecular formula is C29H41N4O4+. The van der Waals surface area contributed by atoms with Crippen molar-refractivity contribution in [2.24, 2.45) is 0 Å². The van der Waals surface area contributed by atoms with E-state index in [9.17, 15) is 19.2 Å². The first-order valence-corrected chi connectivity index (χ1v) is 13.1. The number of nitrogens with one attached hydrogen (secondary N) is 3. The standard InChI is InChI=1S/C29H40N4O4/c1-22(34)8-2-3-13-27(35)32-20-25-11-7-12-26(17-25)21-33-29(37)15-5-4-14-28(36)31-19-24-10-6-9-23(16-24)18-30/h6-7,9-12,16-17H,2-5,8,13-15,18-21,30H2,1H3,(H,31,36)(H,32,35)(H,33,37)/p+1. The number of hydrogen-bond acceptors (Lipinski definition) is 4. The van der Waals surface area contributed by atoms with Crippen molar-refractivity contribution in [2.75, 3.05) is 0 Å². The molecule has 200 valence electrons. The maximum Gasteiger partial charge on any atom is 0.220 e. The molecule has 37 heavy (non-hydrogen) atoms. The zero-order valence-corrected chi connectivity index (χ0v) is 21.9. The summed E-state index contributed by atoms with van der Waals surface area (Å²) < 4.78 is 0. The normalized spacial score (nSPS) is 10.5. The summed E-state index contributed by atoms with van der Waals surface area (Å²) in [5, 5.41) is 8.75. The van der Waals surface area contributed by atoms with E-state index in [1.165, 1.54) is 0 Å². The zero-order chi connectivity index (χ0) is 26.9. The number of Topliss-reactive ketones (excluding diaryl/α,β-unsaturated/α-hetero) is 1. The van der Waals surface area contributed by atoms with Crippen LogP contribution < -0.4 is 21.7 Å². The lowest BCUT2D eigenvalue weighted by atomic mass is 10.1. The van der Waals surface area contributed by atoms with Crippen molar-refractivity contribution in [3.05, 3.63) is 70.8 Å². The van der Waals surface area contributed by atoms with E-state index in [2.05, 4.69) is 21.7 Å². The van der Waals surface area contributed by atoms with E-state index >= 15 is 0 Å². The van der Waals surface area contributed by atoms with Gasteiger partial charge in [0.25, 0.3) is 0 Å². The average molecular weight is 510 g/mol. The summed E-state index contributed by atoms with van der Waals surface area (Å²) in [6.07, 6.45) is 4.44. The van der Waals surface area contributed by atoms with Crippen molar-refractivity contribution in [3.63, 3.8) is 0 Å². The van der Waals surface area contributed by atoms with Crippen LogP contribution in [0.15, 0.2) is 48.5 Å². The van der Waals surface area contributed by atoms with Crippen molar-refractivity contribution in [3.8, 4) is 0 Å². The van der Waals surface area contributed by atoms with Gasteiger partial charge < -0.3 is 26.5 Å². The van der Waals surface area contributed by atoms with Crippen molar-refractivity contribution in [1.29, 1.82) is 0 Å². The van der Waals surface area contributed by atoms with Gasteiger partial charge in [0.1, 0.15) is 5.78 Å². The highest BCUT2D eigenvalue weighted by Gasteiger charge is 2.07. The van der Waals surface area contributed by atoms with Crippen molar-refractivity contribution < 1.29 is 24.9 Å². The molecule has 2 rings (SSSR count). The van der Waals surface area contributed by atoms with E-state index in [1.807, 2.05) is 48.5 Å². The Morgan fingerprint density at radius 2 is 0.946 bits per heavy atom. The highest BCUT2D eigenvalue weighted by atomic mass is 16.2. The third kappa shape index (κ3) is 13.4. The lowest BCUT2D eigenvalue weighted by Gasteiger charge is -2.09. The number of hydrogen-bond donors (Lipinski definition) is 4. The molecule has 0 saturated carbocycles. The second-order valence-electron chi connectivity index (χ2n) is 9.34. The van der Waals surface area contributed by atoms with E-state index < -0.39 is 0 Å². The predicted octanol–water partition coefficient (Wildman–Crippen LogP) is 2.69. The maximum atomic E-state index is 12.2. The van der Waals surface area contributed by atoms with Gasteiger partial charge in [-0.2, -0.15) is 0 Å². The number of amides is 3. The molecule has 0 radical (unpaired) electrons. The Bertz CT molecular complexity index is 1040. The molecule has 3 amide bonds. The Hall–Kier alpha value is -3.52. The van der Waals surface area contributed by atoms with Crippen LogP contribution in [0.3, 0.4) is 0 Å². The number of quaternary nitrogens is 1. The Morgan fingerprint density at radius 3 is 1.32 bits per heavy atom. The summed E-state index contributed by atoms with van der Waals surface area (Å²) >= 11 is 0. The van der Waals surface area contributed by atoms with Crippen LogP contribution in [0.2, 0.25) is 0 Å². The van der Waals surface area contributed by atoms with Crippen molar-refractivity contribution >= 4 is 23.5 Å². The van der Waals surface area contributed by atoms with Crippen LogP contribution in [0.25, 0.3) is 0 Å². The van der Waals surface area contributed by atoms with Gasteiger partial charge in [-0.3, -0.25) is 14.4 Å². The largest absolute Gasteiger partial charge is 0.354 e. The van der Waals surface area contributed by atoms with Crippen molar-refractivity contribution in [1.82, 2.24) is 16.0 Å². The molecule has 2 aromatic rings. The molecule has 6 N–H and O–H groups in total. The molecule has 0 fully saturated rings. The second kappa shape index (κ2) is 17.0. The zero-order valence-electron chi connectivity index (χ0n) is 21.9. The van der Waals surface area contributed by atoms with E-state index in [0.29, 0.717) is 64.6 Å². The number of carbonyl (C=O) groups excluding carboxylic acids is 4. The first kappa shape index (κ1) is 29.7. The molecule has 0 aliphatic heterocycles. The fraction of sp³-hybridized carbons (Fsp3) is 0.448. The summed E-state index contributed by atoms with van der Waals surface area (Å²) in [5.41, 5.74) is 8.00. The summed E-state index contributed by atoms with van der Waals surface area (Å²) in [6.45, 7) is 3.62. The lowest BCUT2D eigenvalue weighted by molar-refractivity contribution is -0.386. The van der Waals surface area contributed by atoms with Gasteiger partial charge in [0.2, 0.25) is 17.7 Å². The molecule has 0 saturated heterocycles. The number of ketones is 1. The number of rotatable bonds is 17. The van der Waals surface area contributed by atoms with Crippen LogP contribution in [-0.2, 0) is 45.4 Å². The maximum absolute atomic E-state index is 12.2. The third-order valence-corrected chi connectivity index (χ3v) is 5.98. The monoisotopic (exact) mass is 509 g/mol. The molecule has 8 heteroatoms. The van der Waals surface area contributed by atoms with Gasteiger partial charge in [-0.05, 0) is 55.4 Å². The third-order valence-electron chi connectivity index (χ3n) is 5.98. The van der Waals surface area contributed by atoms with Crippen LogP contribution in [0.4, 0.5) is 0 Å². The highest BCUT2D eigenvalue weighted by molar-refractivity contribution is 5.77. The fourth-order valence-corrected chi connectivity index (χ4v) is 3.84. The second-order valence-corrected chi connectivity index (χ2v) is 9.34. The fourth-order valence-electron chi connectivity index (χ4n) is 3.84. The molecule has 2 aromatic carbocycles. The summed E-state index contributed by atoms with van der Waals surface area (Å²) in [4.78, 5) is 47.2. The van der Waals surface area contributed by atoms with E-state index in [-0.39, 0.29) is 23.5 Å². The summed E-state index contributed by atoms with van der Waals surface area (Å²) in [6, 6.07) is 15.8. The van der Waals surface area contributed by atoms with Crippen molar-refractivity contribution in [2.45, 2.75) is 84.5 Å². The molecular weight excluding hydrogens is 468 g/mol. The lowest BCUT2D eigenvalue weighted by Crippen LogP contribution is -2.47. The Balaban J connectivity index is 1.58. The first-order valence-electron chi connectivity index (χ1n) is 13.1. The van der Waals surface area contributed by atoms with Crippen LogP contribution in [0.5, 0.6) is 0 Å². The predicted molar refractivity (Wildman–Crippen MR) is 143 cm³/mol. The van der Waals surface area contributed by atoms with Crippen LogP contribution in [0.1, 0.15) is 80.5 Å². The topological polar surface area (TPSA) is 132 Å². The minimum atomic E-state index is -0.0466. The number of unbranched alkanes of at least 4 members (excludes halogenated alkanes) is 2. The SMILES string of the molecule is CC(=O)CCCCC(=O)NCc1cccc(CNC(=O)CCCCC(=O)NCc2cccc(C[NH3+])c2)c1. The molecule has 0 unspecified atom stereocenters. The van der Waals surface area contributed by atoms with Gasteiger partial charge in [0, 0.05) is 50.9 Å². The molecule has 0 heterocycles. The average Bonchev–Trinajstić information content (AvgIpc) is 2.90. The van der Waals surface area contributed by atoms with E-state index in [1.54, 1.807) is 6.92 Å². The molecule has 8 nitrogen and oxygen atoms in total. The minimum Gasteiger partial charge on any atom is -0.354 e. The van der Waals surface area contributed by atoms with Gasteiger partial charge in [-0.25, -0.2) is 0 Å². The van der Waals surface area contributed by atoms with Gasteiger partial charge >= 0.3 is 0 Å². The molecule has 0 spiro atoms. The smallest absolute Gasteiger partial charge is 0.220 e. The molecule has 0 aliphatic rings. The minimum absolute atomic E-state index is 0.0135. The highest BCUT2D eigenvalue weighted by Crippen LogP contribution is 2.08. The molecule has 0 aromatic heterocycles. The number of benzene rings is 2. The van der Waals surface area contributed by atoms with Crippen LogP contribution >= 0.6 is 0 Å². The van der Waals surface area contributed by atoms with E-state index in [4.69, 9.17) is 0 Å². The quantitative estimate of drug-likeness (QED) is 0.244. The Morgan fingerprint density at radius 1 is 0.595 bits per heavy atom. The van der Waals surface area contributed by atoms with Crippen LogP contribution in [0, 0.1) is 0 Å². The molecule has 0 atom stereocenters. The molecule has 0 aliphatic carbocycles. The van der Waals surface area contributed by atoms with Gasteiger partial charge in [0.15, 0.2) is 0 Å². The van der Waals surface area contributed by atoms with Gasteiger partial charge in [0.05, 0.1) is 6.54 Å². The molecule has 0 bridgehead atoms. The Labute approximate surface area is 219 Å². The summed E-state index contributed by atoms with van der Waals surface area (Å²) in [5.74, 6) is 0.0595. The van der Waals surface area contributed by atoms with Gasteiger partial charge in [-0.1, -0.05) is 42.5 Å².